The van der Waals surface area contributed by atoms with Crippen LogP contribution in [0.4, 0.5) is 5.69 Å². The van der Waals surface area contributed by atoms with Gasteiger partial charge in [-0.1, -0.05) is 25.1 Å². The van der Waals surface area contributed by atoms with E-state index in [0.717, 1.165) is 18.7 Å². The first-order valence-electron chi connectivity index (χ1n) is 6.35. The Morgan fingerprint density at radius 1 is 1.39 bits per heavy atom. The van der Waals surface area contributed by atoms with E-state index in [-0.39, 0.29) is 6.54 Å². The van der Waals surface area contributed by atoms with Crippen molar-refractivity contribution in [3.8, 4) is 0 Å². The van der Waals surface area contributed by atoms with E-state index < -0.39 is 11.9 Å². The van der Waals surface area contributed by atoms with Crippen LogP contribution in [-0.4, -0.2) is 24.2 Å². The molecule has 1 aromatic carbocycles. The third-order valence-corrected chi connectivity index (χ3v) is 3.06. The van der Waals surface area contributed by atoms with Crippen molar-refractivity contribution >= 4 is 11.7 Å². The van der Waals surface area contributed by atoms with Gasteiger partial charge in [0, 0.05) is 18.8 Å². The van der Waals surface area contributed by atoms with E-state index in [9.17, 15) is 4.79 Å². The van der Waals surface area contributed by atoms with Crippen LogP contribution < -0.4 is 11.1 Å². The van der Waals surface area contributed by atoms with Crippen LogP contribution in [0.2, 0.25) is 0 Å². The summed E-state index contributed by atoms with van der Waals surface area (Å²) in [6.45, 7) is 3.13. The minimum atomic E-state index is -0.791. The Labute approximate surface area is 108 Å². The monoisotopic (exact) mass is 250 g/mol. The zero-order valence-electron chi connectivity index (χ0n) is 10.8. The Morgan fingerprint density at radius 3 is 2.61 bits per heavy atom. The number of rotatable bonds is 8. The van der Waals surface area contributed by atoms with Gasteiger partial charge in [-0.25, -0.2) is 0 Å². The predicted octanol–water partition coefficient (Wildman–Crippen LogP) is 2.17. The number of aliphatic carboxylic acids is 1. The Morgan fingerprint density at radius 2 is 2.06 bits per heavy atom. The molecule has 0 saturated carbocycles. The molecule has 0 fully saturated rings. The summed E-state index contributed by atoms with van der Waals surface area (Å²) in [5, 5.41) is 12.2. The lowest BCUT2D eigenvalue weighted by molar-refractivity contribution is -0.141. The molecule has 4 N–H and O–H groups in total. The molecule has 1 aromatic rings. The van der Waals surface area contributed by atoms with Gasteiger partial charge in [0.25, 0.3) is 0 Å². The van der Waals surface area contributed by atoms with Crippen LogP contribution in [0.1, 0.15) is 19.8 Å². The summed E-state index contributed by atoms with van der Waals surface area (Å²) < 4.78 is 0. The van der Waals surface area contributed by atoms with Crippen LogP contribution in [-0.2, 0) is 4.79 Å². The zero-order chi connectivity index (χ0) is 13.4. The van der Waals surface area contributed by atoms with E-state index in [4.69, 9.17) is 10.8 Å². The molecule has 0 aliphatic carbocycles. The SMILES string of the molecule is C[C@H](CCNc1ccccc1)C[C@H](CN)C(=O)O. The molecule has 0 unspecified atom stereocenters. The molecule has 0 amide bonds. The van der Waals surface area contributed by atoms with Crippen LogP contribution in [0, 0.1) is 11.8 Å². The third-order valence-electron chi connectivity index (χ3n) is 3.06. The van der Waals surface area contributed by atoms with Crippen molar-refractivity contribution in [1.29, 1.82) is 0 Å². The van der Waals surface area contributed by atoms with E-state index in [1.807, 2.05) is 30.3 Å². The highest BCUT2D eigenvalue weighted by Gasteiger charge is 2.18. The van der Waals surface area contributed by atoms with Crippen molar-refractivity contribution in [1.82, 2.24) is 0 Å². The summed E-state index contributed by atoms with van der Waals surface area (Å²) >= 11 is 0. The molecular weight excluding hydrogens is 228 g/mol. The van der Waals surface area contributed by atoms with Crippen LogP contribution >= 0.6 is 0 Å². The van der Waals surface area contributed by atoms with Gasteiger partial charge in [0.2, 0.25) is 0 Å². The molecule has 0 aliphatic heterocycles. The van der Waals surface area contributed by atoms with Gasteiger partial charge in [-0.2, -0.15) is 0 Å². The number of nitrogens with one attached hydrogen (secondary N) is 1. The van der Waals surface area contributed by atoms with Crippen molar-refractivity contribution in [2.75, 3.05) is 18.4 Å². The van der Waals surface area contributed by atoms with E-state index in [2.05, 4.69) is 12.2 Å². The summed E-state index contributed by atoms with van der Waals surface area (Å²) in [5.74, 6) is -0.858. The number of hydrogen-bond donors (Lipinski definition) is 3. The second-order valence-electron chi connectivity index (χ2n) is 4.69. The lowest BCUT2D eigenvalue weighted by Crippen LogP contribution is -2.25. The fraction of sp³-hybridized carbons (Fsp3) is 0.500. The number of carboxylic acid groups (broad SMARTS) is 1. The molecule has 2 atom stereocenters. The maximum Gasteiger partial charge on any atom is 0.307 e. The van der Waals surface area contributed by atoms with Crippen molar-refractivity contribution in [3.05, 3.63) is 30.3 Å². The number of hydrogen-bond acceptors (Lipinski definition) is 3. The molecule has 0 radical (unpaired) electrons. The second kappa shape index (κ2) is 7.71. The highest BCUT2D eigenvalue weighted by atomic mass is 16.4. The van der Waals surface area contributed by atoms with Gasteiger partial charge < -0.3 is 16.2 Å². The molecule has 0 aromatic heterocycles. The lowest BCUT2D eigenvalue weighted by Gasteiger charge is -2.16. The fourth-order valence-electron chi connectivity index (χ4n) is 1.92. The van der Waals surface area contributed by atoms with Crippen molar-refractivity contribution in [3.63, 3.8) is 0 Å². The maximum absolute atomic E-state index is 10.9. The normalized spacial score (nSPS) is 13.9. The fourth-order valence-corrected chi connectivity index (χ4v) is 1.92. The van der Waals surface area contributed by atoms with Gasteiger partial charge >= 0.3 is 5.97 Å². The average molecular weight is 250 g/mol. The molecule has 4 heteroatoms. The Hall–Kier alpha value is -1.55. The Balaban J connectivity index is 2.25. The average Bonchev–Trinajstić information content (AvgIpc) is 2.37. The summed E-state index contributed by atoms with van der Waals surface area (Å²) in [6.07, 6.45) is 1.58. The van der Waals surface area contributed by atoms with E-state index in [1.54, 1.807) is 0 Å². The molecular formula is C14H22N2O2. The van der Waals surface area contributed by atoms with Crippen LogP contribution in [0.3, 0.4) is 0 Å². The summed E-state index contributed by atoms with van der Waals surface area (Å²) in [4.78, 5) is 10.9. The number of para-hydroxylation sites is 1. The standard InChI is InChI=1S/C14H22N2O2/c1-11(9-12(10-15)14(17)18)7-8-16-13-5-3-2-4-6-13/h2-6,11-12,16H,7-10,15H2,1H3,(H,17,18)/t11-,12-/m1/s1. The van der Waals surface area contributed by atoms with Crippen LogP contribution in [0.25, 0.3) is 0 Å². The van der Waals surface area contributed by atoms with Gasteiger partial charge in [-0.15, -0.1) is 0 Å². The first-order valence-corrected chi connectivity index (χ1v) is 6.35. The summed E-state index contributed by atoms with van der Waals surface area (Å²) in [5.41, 5.74) is 6.54. The van der Waals surface area contributed by atoms with Crippen molar-refractivity contribution in [2.45, 2.75) is 19.8 Å². The first kappa shape index (κ1) is 14.5. The minimum Gasteiger partial charge on any atom is -0.481 e. The van der Waals surface area contributed by atoms with E-state index in [0.29, 0.717) is 12.3 Å². The Bertz CT molecular complexity index is 354. The van der Waals surface area contributed by atoms with Crippen molar-refractivity contribution in [2.24, 2.45) is 17.6 Å². The number of nitrogens with two attached hydrogens (primary N) is 1. The van der Waals surface area contributed by atoms with Crippen LogP contribution in [0.5, 0.6) is 0 Å². The number of anilines is 1. The third kappa shape index (κ3) is 5.19. The molecule has 100 valence electrons. The van der Waals surface area contributed by atoms with Gasteiger partial charge in [0.1, 0.15) is 0 Å². The lowest BCUT2D eigenvalue weighted by atomic mass is 9.93. The highest BCUT2D eigenvalue weighted by Crippen LogP contribution is 2.15. The minimum absolute atomic E-state index is 0.214. The smallest absolute Gasteiger partial charge is 0.307 e. The molecule has 0 aliphatic rings. The number of carboxylic acids is 1. The molecule has 1 rings (SSSR count). The second-order valence-corrected chi connectivity index (χ2v) is 4.69. The van der Waals surface area contributed by atoms with E-state index in [1.165, 1.54) is 0 Å². The zero-order valence-corrected chi connectivity index (χ0v) is 10.8. The molecule has 0 spiro atoms. The molecule has 18 heavy (non-hydrogen) atoms. The number of benzene rings is 1. The van der Waals surface area contributed by atoms with Gasteiger partial charge in [-0.05, 0) is 30.9 Å². The van der Waals surface area contributed by atoms with Crippen LogP contribution in [0.15, 0.2) is 30.3 Å². The maximum atomic E-state index is 10.9. The van der Waals surface area contributed by atoms with Gasteiger partial charge in [0.05, 0.1) is 5.92 Å². The first-order chi connectivity index (χ1) is 8.63. The summed E-state index contributed by atoms with van der Waals surface area (Å²) in [7, 11) is 0. The molecule has 0 bridgehead atoms. The topological polar surface area (TPSA) is 75.3 Å². The molecule has 0 saturated heterocycles. The Kier molecular flexibility index (Phi) is 6.22. The summed E-state index contributed by atoms with van der Waals surface area (Å²) in [6, 6.07) is 9.99. The van der Waals surface area contributed by atoms with Gasteiger partial charge in [-0.3, -0.25) is 4.79 Å². The van der Waals surface area contributed by atoms with Crippen molar-refractivity contribution < 1.29 is 9.90 Å². The number of carbonyl (C=O) groups is 1. The highest BCUT2D eigenvalue weighted by molar-refractivity contribution is 5.70. The van der Waals surface area contributed by atoms with E-state index >= 15 is 0 Å². The quantitative estimate of drug-likeness (QED) is 0.661. The largest absolute Gasteiger partial charge is 0.481 e. The molecule has 0 heterocycles. The molecule has 4 nitrogen and oxygen atoms in total. The predicted molar refractivity (Wildman–Crippen MR) is 73.5 cm³/mol. The van der Waals surface area contributed by atoms with Gasteiger partial charge in [0.15, 0.2) is 0 Å².